The van der Waals surface area contributed by atoms with Crippen LogP contribution in [0, 0.1) is 6.92 Å². The molecule has 164 valence electrons. The van der Waals surface area contributed by atoms with Crippen molar-refractivity contribution in [3.63, 3.8) is 0 Å². The molecule has 7 nitrogen and oxygen atoms in total. The maximum Gasteiger partial charge on any atom is 0.290 e. The van der Waals surface area contributed by atoms with Gasteiger partial charge in [0.05, 0.1) is 34.6 Å². The number of ketones is 1. The van der Waals surface area contributed by atoms with Gasteiger partial charge in [-0.25, -0.2) is 4.98 Å². The molecule has 0 spiro atoms. The van der Waals surface area contributed by atoms with Crippen LogP contribution in [0.4, 0.5) is 0 Å². The second-order valence-electron chi connectivity index (χ2n) is 7.56. The number of hydrogen-bond donors (Lipinski definition) is 1. The van der Waals surface area contributed by atoms with E-state index in [0.29, 0.717) is 27.0 Å². The van der Waals surface area contributed by atoms with E-state index in [0.717, 1.165) is 5.56 Å². The van der Waals surface area contributed by atoms with Gasteiger partial charge in [-0.15, -0.1) is 11.3 Å². The number of pyridine rings is 1. The lowest BCUT2D eigenvalue weighted by Crippen LogP contribution is -2.30. The van der Waals surface area contributed by atoms with Crippen molar-refractivity contribution in [3.8, 4) is 10.6 Å². The minimum atomic E-state index is -0.872. The summed E-state index contributed by atoms with van der Waals surface area (Å²) < 4.78 is 5.58. The van der Waals surface area contributed by atoms with Crippen LogP contribution in [0.1, 0.15) is 32.9 Å². The Kier molecular flexibility index (Phi) is 5.35. The lowest BCUT2D eigenvalue weighted by molar-refractivity contribution is -0.130. The van der Waals surface area contributed by atoms with Crippen molar-refractivity contribution in [3.05, 3.63) is 106 Å². The highest BCUT2D eigenvalue weighted by Gasteiger charge is 2.46. The highest BCUT2D eigenvalue weighted by Crippen LogP contribution is 2.41. The molecule has 33 heavy (non-hydrogen) atoms. The number of aliphatic hydroxyl groups excluding tert-OH is 1. The summed E-state index contributed by atoms with van der Waals surface area (Å²) >= 11 is 1.24. The third-order valence-electron chi connectivity index (χ3n) is 5.44. The van der Waals surface area contributed by atoms with Crippen molar-refractivity contribution >= 4 is 23.0 Å². The number of aliphatic hydroxyl groups is 1. The van der Waals surface area contributed by atoms with Crippen molar-refractivity contribution in [2.24, 2.45) is 0 Å². The Bertz CT molecular complexity index is 1350. The summed E-state index contributed by atoms with van der Waals surface area (Å²) in [6.07, 6.45) is 3.10. The lowest BCUT2D eigenvalue weighted by Gasteiger charge is -2.24. The Morgan fingerprint density at radius 3 is 2.61 bits per heavy atom. The predicted molar refractivity (Wildman–Crippen MR) is 123 cm³/mol. The number of aromatic nitrogens is 2. The number of carbonyl (C=O) groups excluding carboxylic acids is 2. The van der Waals surface area contributed by atoms with Crippen LogP contribution in [0.5, 0.6) is 0 Å². The first-order chi connectivity index (χ1) is 16.0. The summed E-state index contributed by atoms with van der Waals surface area (Å²) in [4.78, 5) is 37.4. The quantitative estimate of drug-likeness (QED) is 0.414. The third kappa shape index (κ3) is 3.74. The monoisotopic (exact) mass is 457 g/mol. The van der Waals surface area contributed by atoms with Gasteiger partial charge in [0.15, 0.2) is 5.76 Å². The van der Waals surface area contributed by atoms with Crippen molar-refractivity contribution in [1.82, 2.24) is 14.9 Å². The zero-order valence-electron chi connectivity index (χ0n) is 17.6. The highest BCUT2D eigenvalue weighted by atomic mass is 32.1. The fraction of sp³-hybridized carbons (Fsp3) is 0.120. The molecule has 8 heteroatoms. The molecule has 1 N–H and O–H groups in total. The zero-order valence-corrected chi connectivity index (χ0v) is 18.5. The predicted octanol–water partition coefficient (Wildman–Crippen LogP) is 4.89. The number of amides is 1. The smallest absolute Gasteiger partial charge is 0.290 e. The molecule has 0 radical (unpaired) electrons. The lowest BCUT2D eigenvalue weighted by atomic mass is 9.99. The van der Waals surface area contributed by atoms with Gasteiger partial charge in [0, 0.05) is 11.8 Å². The minimum absolute atomic E-state index is 0.0164. The van der Waals surface area contributed by atoms with Gasteiger partial charge in [0.1, 0.15) is 16.8 Å². The molecule has 0 fully saturated rings. The van der Waals surface area contributed by atoms with E-state index in [-0.39, 0.29) is 12.1 Å². The topological polar surface area (TPSA) is 96.5 Å². The summed E-state index contributed by atoms with van der Waals surface area (Å²) in [7, 11) is 0. The zero-order chi connectivity index (χ0) is 22.9. The van der Waals surface area contributed by atoms with Gasteiger partial charge in [0.2, 0.25) is 5.78 Å². The molecule has 1 unspecified atom stereocenters. The van der Waals surface area contributed by atoms with Crippen LogP contribution in [0.2, 0.25) is 0 Å². The minimum Gasteiger partial charge on any atom is -0.503 e. The Morgan fingerprint density at radius 1 is 1.12 bits per heavy atom. The Balaban J connectivity index is 1.55. The Labute approximate surface area is 193 Å². The molecule has 0 saturated carbocycles. The Hall–Kier alpha value is -4.04. The summed E-state index contributed by atoms with van der Waals surface area (Å²) in [5, 5.41) is 11.5. The number of hydrogen-bond acceptors (Lipinski definition) is 7. The van der Waals surface area contributed by atoms with Gasteiger partial charge in [-0.3, -0.25) is 14.6 Å². The van der Waals surface area contributed by atoms with Gasteiger partial charge in [-0.05, 0) is 31.2 Å². The SMILES string of the molecule is Cc1nc(-c2ccccc2)sc1C(=O)C1=C(O)C(=O)N(Cc2ccccn2)C1c1ccco1. The standard InChI is InChI=1S/C25H19N3O4S/c1-15-23(33-24(27-15)16-8-3-2-4-9-16)21(29)19-20(18-11-7-13-32-18)28(25(31)22(19)30)14-17-10-5-6-12-26-17/h2-13,20,30H,14H2,1H3. The average molecular weight is 458 g/mol. The molecule has 1 aliphatic heterocycles. The largest absolute Gasteiger partial charge is 0.503 e. The number of rotatable bonds is 6. The van der Waals surface area contributed by atoms with Crippen molar-refractivity contribution in [1.29, 1.82) is 0 Å². The molecule has 1 aliphatic rings. The number of carbonyl (C=O) groups is 2. The summed E-state index contributed by atoms with van der Waals surface area (Å²) in [5.74, 6) is -1.28. The van der Waals surface area contributed by atoms with Crippen molar-refractivity contribution in [2.45, 2.75) is 19.5 Å². The molecule has 4 aromatic rings. The van der Waals surface area contributed by atoms with Crippen LogP contribution in [-0.2, 0) is 11.3 Å². The van der Waals surface area contributed by atoms with Crippen LogP contribution >= 0.6 is 11.3 Å². The summed E-state index contributed by atoms with van der Waals surface area (Å²) in [5.41, 5.74) is 2.05. The number of benzene rings is 1. The van der Waals surface area contributed by atoms with E-state index >= 15 is 0 Å². The number of thiazole rings is 1. The number of furan rings is 1. The molecule has 1 aromatic carbocycles. The normalized spacial score (nSPS) is 16.0. The van der Waals surface area contributed by atoms with Gasteiger partial charge >= 0.3 is 0 Å². The fourth-order valence-electron chi connectivity index (χ4n) is 3.89. The maximum atomic E-state index is 13.7. The number of Topliss-reactive ketones (excluding diaryl/α,β-unsaturated/α-hetero) is 1. The van der Waals surface area contributed by atoms with E-state index in [1.807, 2.05) is 36.4 Å². The third-order valence-corrected chi connectivity index (χ3v) is 6.65. The molecular formula is C25H19N3O4S. The van der Waals surface area contributed by atoms with Gasteiger partial charge < -0.3 is 14.4 Å². The fourth-order valence-corrected chi connectivity index (χ4v) is 4.92. The molecular weight excluding hydrogens is 438 g/mol. The molecule has 3 aromatic heterocycles. The van der Waals surface area contributed by atoms with E-state index in [2.05, 4.69) is 9.97 Å². The van der Waals surface area contributed by atoms with Gasteiger partial charge in [-0.1, -0.05) is 36.4 Å². The van der Waals surface area contributed by atoms with E-state index in [4.69, 9.17) is 4.42 Å². The van der Waals surface area contributed by atoms with Crippen LogP contribution in [0.15, 0.2) is 88.9 Å². The first kappa shape index (κ1) is 20.8. The summed E-state index contributed by atoms with van der Waals surface area (Å²) in [6, 6.07) is 17.4. The van der Waals surface area contributed by atoms with Crippen molar-refractivity contribution < 1.29 is 19.1 Å². The van der Waals surface area contributed by atoms with Crippen LogP contribution in [0.25, 0.3) is 10.6 Å². The molecule has 0 saturated heterocycles. The molecule has 4 heterocycles. The second kappa shape index (κ2) is 8.48. The van der Waals surface area contributed by atoms with E-state index in [1.165, 1.54) is 22.5 Å². The highest BCUT2D eigenvalue weighted by molar-refractivity contribution is 7.17. The Morgan fingerprint density at radius 2 is 1.91 bits per heavy atom. The molecule has 5 rings (SSSR count). The molecule has 1 atom stereocenters. The van der Waals surface area contributed by atoms with E-state index in [1.54, 1.807) is 37.4 Å². The first-order valence-corrected chi connectivity index (χ1v) is 11.1. The molecule has 0 bridgehead atoms. The van der Waals surface area contributed by atoms with E-state index < -0.39 is 23.5 Å². The van der Waals surface area contributed by atoms with E-state index in [9.17, 15) is 14.7 Å². The van der Waals surface area contributed by atoms with Gasteiger partial charge in [0.25, 0.3) is 5.91 Å². The average Bonchev–Trinajstić information content (AvgIpc) is 3.56. The molecule has 0 aliphatic carbocycles. The van der Waals surface area contributed by atoms with Crippen LogP contribution in [-0.4, -0.2) is 31.7 Å². The second-order valence-corrected chi connectivity index (χ2v) is 8.56. The van der Waals surface area contributed by atoms with Gasteiger partial charge in [-0.2, -0.15) is 0 Å². The first-order valence-electron chi connectivity index (χ1n) is 10.3. The van der Waals surface area contributed by atoms with Crippen molar-refractivity contribution in [2.75, 3.05) is 0 Å². The summed E-state index contributed by atoms with van der Waals surface area (Å²) in [6.45, 7) is 1.86. The van der Waals surface area contributed by atoms with Crippen LogP contribution in [0.3, 0.4) is 0 Å². The number of aryl methyl sites for hydroxylation is 1. The number of nitrogens with zero attached hydrogens (tertiary/aromatic N) is 3. The van der Waals surface area contributed by atoms with Crippen LogP contribution < -0.4 is 0 Å². The molecule has 1 amide bonds. The maximum absolute atomic E-state index is 13.7.